The number of carbonyl (C=O) groups is 2. The Labute approximate surface area is 149 Å². The van der Waals surface area contributed by atoms with Crippen molar-refractivity contribution in [3.63, 3.8) is 0 Å². The zero-order valence-corrected chi connectivity index (χ0v) is 14.1. The third-order valence-electron chi connectivity index (χ3n) is 3.80. The molecule has 0 spiro atoms. The number of amides is 1. The lowest BCUT2D eigenvalue weighted by Gasteiger charge is -2.13. The highest BCUT2D eigenvalue weighted by molar-refractivity contribution is 5.91. The van der Waals surface area contributed by atoms with E-state index in [-0.39, 0.29) is 16.8 Å². The van der Waals surface area contributed by atoms with Crippen LogP contribution in [0.15, 0.2) is 69.9 Å². The van der Waals surface area contributed by atoms with Crippen molar-refractivity contribution in [2.45, 2.75) is 19.6 Å². The predicted molar refractivity (Wildman–Crippen MR) is 95.7 cm³/mol. The van der Waals surface area contributed by atoms with Gasteiger partial charge in [0.25, 0.3) is 5.91 Å². The first kappa shape index (κ1) is 17.4. The number of ether oxygens (including phenoxy) is 1. The molecule has 0 saturated carbocycles. The summed E-state index contributed by atoms with van der Waals surface area (Å²) in [7, 11) is 0. The molecular formula is C20H17NO5. The lowest BCUT2D eigenvalue weighted by atomic mass is 10.2. The second-order valence-electron chi connectivity index (χ2n) is 5.72. The van der Waals surface area contributed by atoms with E-state index in [0.29, 0.717) is 11.9 Å². The molecule has 26 heavy (non-hydrogen) atoms. The molecule has 0 aliphatic carbocycles. The van der Waals surface area contributed by atoms with Gasteiger partial charge in [0.15, 0.2) is 11.5 Å². The van der Waals surface area contributed by atoms with Crippen LogP contribution in [-0.2, 0) is 16.1 Å². The van der Waals surface area contributed by atoms with Crippen LogP contribution >= 0.6 is 0 Å². The first-order chi connectivity index (χ1) is 12.5. The van der Waals surface area contributed by atoms with Crippen LogP contribution in [0.1, 0.15) is 23.0 Å². The van der Waals surface area contributed by atoms with Crippen molar-refractivity contribution < 1.29 is 18.7 Å². The molecular weight excluding hydrogens is 334 g/mol. The topological polar surface area (TPSA) is 85.6 Å². The largest absolute Gasteiger partial charge is 0.449 e. The zero-order chi connectivity index (χ0) is 18.5. The second-order valence-corrected chi connectivity index (χ2v) is 5.72. The lowest BCUT2D eigenvalue weighted by Crippen LogP contribution is -2.35. The van der Waals surface area contributed by atoms with E-state index in [1.165, 1.54) is 6.92 Å². The number of hydrogen-bond acceptors (Lipinski definition) is 5. The first-order valence-electron chi connectivity index (χ1n) is 8.10. The molecule has 6 nitrogen and oxygen atoms in total. The third kappa shape index (κ3) is 3.97. The van der Waals surface area contributed by atoms with Gasteiger partial charge in [0, 0.05) is 12.6 Å². The molecule has 0 fully saturated rings. The smallest absolute Gasteiger partial charge is 0.375 e. The molecule has 1 aromatic heterocycles. The fraction of sp³-hybridized carbons (Fsp3) is 0.150. The average Bonchev–Trinajstić information content (AvgIpc) is 2.66. The number of fused-ring (bicyclic) bond motifs is 1. The molecule has 1 N–H and O–H groups in total. The summed E-state index contributed by atoms with van der Waals surface area (Å²) >= 11 is 0. The van der Waals surface area contributed by atoms with Gasteiger partial charge >= 0.3 is 5.97 Å². The predicted octanol–water partition coefficient (Wildman–Crippen LogP) is 2.65. The Morgan fingerprint density at radius 2 is 1.77 bits per heavy atom. The summed E-state index contributed by atoms with van der Waals surface area (Å²) in [5.41, 5.74) is 0.869. The molecule has 0 saturated heterocycles. The van der Waals surface area contributed by atoms with Crippen molar-refractivity contribution in [3.8, 4) is 0 Å². The highest BCUT2D eigenvalue weighted by atomic mass is 16.6. The highest BCUT2D eigenvalue weighted by Crippen LogP contribution is 2.13. The maximum Gasteiger partial charge on any atom is 0.375 e. The minimum Gasteiger partial charge on any atom is -0.449 e. The SMILES string of the molecule is CC(OC(=O)c1cc(=O)c2ccccc2o1)C(=O)NCc1ccccc1. The molecule has 0 aliphatic rings. The van der Waals surface area contributed by atoms with Crippen LogP contribution in [0.4, 0.5) is 0 Å². The van der Waals surface area contributed by atoms with E-state index in [4.69, 9.17) is 9.15 Å². The fourth-order valence-electron chi connectivity index (χ4n) is 2.41. The lowest BCUT2D eigenvalue weighted by molar-refractivity contribution is -0.129. The quantitative estimate of drug-likeness (QED) is 0.714. The molecule has 1 heterocycles. The van der Waals surface area contributed by atoms with Crippen molar-refractivity contribution in [1.29, 1.82) is 0 Å². The highest BCUT2D eigenvalue weighted by Gasteiger charge is 2.21. The summed E-state index contributed by atoms with van der Waals surface area (Å²) in [4.78, 5) is 36.3. The Balaban J connectivity index is 1.65. The normalized spacial score (nSPS) is 11.7. The Kier molecular flexibility index (Phi) is 5.12. The van der Waals surface area contributed by atoms with E-state index in [0.717, 1.165) is 11.6 Å². The summed E-state index contributed by atoms with van der Waals surface area (Å²) in [6.45, 7) is 1.78. The Morgan fingerprint density at radius 1 is 1.08 bits per heavy atom. The van der Waals surface area contributed by atoms with Gasteiger partial charge in [0.1, 0.15) is 5.58 Å². The van der Waals surface area contributed by atoms with E-state index in [9.17, 15) is 14.4 Å². The molecule has 1 amide bonds. The number of hydrogen-bond donors (Lipinski definition) is 1. The van der Waals surface area contributed by atoms with E-state index in [1.54, 1.807) is 24.3 Å². The molecule has 2 aromatic carbocycles. The van der Waals surface area contributed by atoms with Gasteiger partial charge in [-0.05, 0) is 24.6 Å². The number of esters is 1. The van der Waals surface area contributed by atoms with Crippen LogP contribution in [0.25, 0.3) is 11.0 Å². The standard InChI is InChI=1S/C20H17NO5/c1-13(19(23)21-12-14-7-3-2-4-8-14)25-20(24)18-11-16(22)15-9-5-6-10-17(15)26-18/h2-11,13H,12H2,1H3,(H,21,23). The molecule has 132 valence electrons. The van der Waals surface area contributed by atoms with E-state index in [2.05, 4.69) is 5.32 Å². The van der Waals surface area contributed by atoms with Gasteiger partial charge in [-0.3, -0.25) is 9.59 Å². The summed E-state index contributed by atoms with van der Waals surface area (Å²) in [6, 6.07) is 17.0. The van der Waals surface area contributed by atoms with E-state index in [1.807, 2.05) is 30.3 Å². The van der Waals surface area contributed by atoms with Gasteiger partial charge in [-0.1, -0.05) is 42.5 Å². The molecule has 3 rings (SSSR count). The summed E-state index contributed by atoms with van der Waals surface area (Å²) in [5.74, 6) is -1.54. The van der Waals surface area contributed by atoms with E-state index < -0.39 is 18.0 Å². The Hall–Kier alpha value is -3.41. The van der Waals surface area contributed by atoms with Crippen molar-refractivity contribution in [3.05, 3.63) is 82.2 Å². The monoisotopic (exact) mass is 351 g/mol. The molecule has 3 aromatic rings. The molecule has 1 unspecified atom stereocenters. The number of nitrogens with one attached hydrogen (secondary N) is 1. The van der Waals surface area contributed by atoms with E-state index >= 15 is 0 Å². The molecule has 6 heteroatoms. The summed E-state index contributed by atoms with van der Waals surface area (Å²) in [5, 5.41) is 3.06. The average molecular weight is 351 g/mol. The van der Waals surface area contributed by atoms with Gasteiger partial charge in [0.05, 0.1) is 5.39 Å². The van der Waals surface area contributed by atoms with Gasteiger partial charge < -0.3 is 14.5 Å². The van der Waals surface area contributed by atoms with Crippen LogP contribution in [0.5, 0.6) is 0 Å². The minimum absolute atomic E-state index is 0.239. The molecule has 0 bridgehead atoms. The summed E-state index contributed by atoms with van der Waals surface area (Å²) in [6.07, 6.45) is -1.03. The molecule has 1 atom stereocenters. The number of rotatable bonds is 5. The fourth-order valence-corrected chi connectivity index (χ4v) is 2.41. The molecule has 0 aliphatic heterocycles. The van der Waals surface area contributed by atoms with Crippen molar-refractivity contribution in [1.82, 2.24) is 5.32 Å². The van der Waals surface area contributed by atoms with Crippen molar-refractivity contribution in [2.24, 2.45) is 0 Å². The third-order valence-corrected chi connectivity index (χ3v) is 3.80. The Morgan fingerprint density at radius 3 is 2.54 bits per heavy atom. The van der Waals surface area contributed by atoms with Gasteiger partial charge in [0.2, 0.25) is 5.76 Å². The second kappa shape index (κ2) is 7.65. The van der Waals surface area contributed by atoms with Gasteiger partial charge in [-0.15, -0.1) is 0 Å². The number of carbonyl (C=O) groups excluding carboxylic acids is 2. The van der Waals surface area contributed by atoms with Crippen LogP contribution in [0.3, 0.4) is 0 Å². The van der Waals surface area contributed by atoms with Crippen LogP contribution in [0, 0.1) is 0 Å². The van der Waals surface area contributed by atoms with Crippen molar-refractivity contribution >= 4 is 22.8 Å². The number of benzene rings is 2. The summed E-state index contributed by atoms with van der Waals surface area (Å²) < 4.78 is 10.5. The first-order valence-corrected chi connectivity index (χ1v) is 8.10. The van der Waals surface area contributed by atoms with Crippen molar-refractivity contribution in [2.75, 3.05) is 0 Å². The van der Waals surface area contributed by atoms with Crippen LogP contribution < -0.4 is 10.7 Å². The maximum atomic E-state index is 12.2. The number of para-hydroxylation sites is 1. The van der Waals surface area contributed by atoms with Crippen LogP contribution in [0.2, 0.25) is 0 Å². The molecule has 0 radical (unpaired) electrons. The Bertz CT molecular complexity index is 994. The van der Waals surface area contributed by atoms with Crippen LogP contribution in [-0.4, -0.2) is 18.0 Å². The van der Waals surface area contributed by atoms with Gasteiger partial charge in [-0.25, -0.2) is 4.79 Å². The zero-order valence-electron chi connectivity index (χ0n) is 14.1. The maximum absolute atomic E-state index is 12.2. The minimum atomic E-state index is -1.03. The van der Waals surface area contributed by atoms with Gasteiger partial charge in [-0.2, -0.15) is 0 Å².